The minimum Gasteiger partial charge on any atom is -0.396 e. The molecule has 3 heteroatoms. The molecule has 0 bridgehead atoms. The van der Waals surface area contributed by atoms with Crippen molar-refractivity contribution >= 4 is 41.3 Å². The third-order valence-electron chi connectivity index (χ3n) is 3.76. The predicted molar refractivity (Wildman–Crippen MR) is 102 cm³/mol. The van der Waals surface area contributed by atoms with Crippen LogP contribution in [0.5, 0.6) is 0 Å². The van der Waals surface area contributed by atoms with Gasteiger partial charge in [0.25, 0.3) is 8.32 Å². The van der Waals surface area contributed by atoms with Crippen molar-refractivity contribution in [1.82, 2.24) is 0 Å². The fourth-order valence-corrected chi connectivity index (χ4v) is 8.58. The minimum atomic E-state index is -2.32. The Kier molecular flexibility index (Phi) is 5.27. The van der Waals surface area contributed by atoms with Gasteiger partial charge in [0.05, 0.1) is 4.11 Å². The maximum atomic E-state index is 6.70. The van der Waals surface area contributed by atoms with Gasteiger partial charge in [0.2, 0.25) is 0 Å². The number of rotatable bonds is 4. The second kappa shape index (κ2) is 6.63. The zero-order valence-corrected chi connectivity index (χ0v) is 16.3. The van der Waals surface area contributed by atoms with Crippen LogP contribution in [0, 0.1) is 0 Å². The highest BCUT2D eigenvalue weighted by Gasteiger charge is 2.50. The fraction of sp³-hybridized carbons (Fsp3) is 0.333. The van der Waals surface area contributed by atoms with Crippen molar-refractivity contribution in [3.8, 4) is 0 Å². The smallest absolute Gasteiger partial charge is 0.262 e. The maximum absolute atomic E-state index is 6.70. The first-order valence-electron chi connectivity index (χ1n) is 7.31. The summed E-state index contributed by atoms with van der Waals surface area (Å²) in [7, 11) is -2.32. The lowest BCUT2D eigenvalue weighted by Gasteiger charge is -2.43. The van der Waals surface area contributed by atoms with Gasteiger partial charge in [0, 0.05) is 0 Å². The van der Waals surface area contributed by atoms with Crippen molar-refractivity contribution in [3.63, 3.8) is 0 Å². The standard InChI is InChI=1S/C18H23IOSi/c1-15(19)20-21(18(2,3)4,16-11-7-5-8-12-16)17-13-9-6-10-14-17/h5-15H,1-4H3/t15-/m1/s1. The van der Waals surface area contributed by atoms with Gasteiger partial charge in [0.15, 0.2) is 0 Å². The van der Waals surface area contributed by atoms with Crippen LogP contribution in [0.4, 0.5) is 0 Å². The van der Waals surface area contributed by atoms with Gasteiger partial charge in [-0.3, -0.25) is 0 Å². The lowest BCUT2D eigenvalue weighted by molar-refractivity contribution is 0.302. The van der Waals surface area contributed by atoms with Crippen LogP contribution in [-0.2, 0) is 4.43 Å². The van der Waals surface area contributed by atoms with Gasteiger partial charge < -0.3 is 4.43 Å². The van der Waals surface area contributed by atoms with Crippen molar-refractivity contribution < 1.29 is 4.43 Å². The van der Waals surface area contributed by atoms with Gasteiger partial charge in [-0.1, -0.05) is 104 Å². The van der Waals surface area contributed by atoms with E-state index in [4.69, 9.17) is 4.43 Å². The summed E-state index contributed by atoms with van der Waals surface area (Å²) in [6.45, 7) is 9.04. The van der Waals surface area contributed by atoms with Gasteiger partial charge in [-0.15, -0.1) is 0 Å². The Morgan fingerprint density at radius 2 is 1.24 bits per heavy atom. The number of halogens is 1. The SMILES string of the molecule is C[C@H](I)O[Si](c1ccccc1)(c1ccccc1)C(C)(C)C. The molecule has 0 spiro atoms. The summed E-state index contributed by atoms with van der Waals surface area (Å²) in [6, 6.07) is 21.5. The Morgan fingerprint density at radius 3 is 1.52 bits per heavy atom. The number of alkyl halides is 1. The van der Waals surface area contributed by atoms with E-state index in [1.54, 1.807) is 0 Å². The Balaban J connectivity index is 2.72. The van der Waals surface area contributed by atoms with Crippen LogP contribution < -0.4 is 10.4 Å². The van der Waals surface area contributed by atoms with Crippen LogP contribution in [0.2, 0.25) is 5.04 Å². The number of hydrogen-bond acceptors (Lipinski definition) is 1. The Morgan fingerprint density at radius 1 is 0.857 bits per heavy atom. The molecule has 1 nitrogen and oxygen atoms in total. The largest absolute Gasteiger partial charge is 0.396 e. The van der Waals surface area contributed by atoms with Gasteiger partial charge >= 0.3 is 0 Å². The summed E-state index contributed by atoms with van der Waals surface area (Å²) >= 11 is 2.37. The monoisotopic (exact) mass is 410 g/mol. The van der Waals surface area contributed by atoms with E-state index in [-0.39, 0.29) is 9.15 Å². The van der Waals surface area contributed by atoms with E-state index in [1.165, 1.54) is 10.4 Å². The van der Waals surface area contributed by atoms with Crippen molar-refractivity contribution in [2.24, 2.45) is 0 Å². The molecule has 1 atom stereocenters. The average Bonchev–Trinajstić information content (AvgIpc) is 2.45. The highest BCUT2D eigenvalue weighted by atomic mass is 127. The van der Waals surface area contributed by atoms with Crippen LogP contribution >= 0.6 is 22.6 Å². The zero-order valence-electron chi connectivity index (χ0n) is 13.1. The van der Waals surface area contributed by atoms with E-state index in [9.17, 15) is 0 Å². The predicted octanol–water partition coefficient (Wildman–Crippen LogP) is 4.34. The van der Waals surface area contributed by atoms with Crippen molar-refractivity contribution in [3.05, 3.63) is 60.7 Å². The van der Waals surface area contributed by atoms with Crippen molar-refractivity contribution in [2.45, 2.75) is 36.8 Å². The van der Waals surface area contributed by atoms with Gasteiger partial charge in [-0.2, -0.15) is 0 Å². The first kappa shape index (κ1) is 16.7. The summed E-state index contributed by atoms with van der Waals surface area (Å²) in [5.41, 5.74) is 0. The van der Waals surface area contributed by atoms with Crippen LogP contribution in [0.1, 0.15) is 27.7 Å². The molecule has 0 saturated heterocycles. The van der Waals surface area contributed by atoms with Gasteiger partial charge in [-0.05, 0) is 22.3 Å². The zero-order chi connectivity index (χ0) is 15.5. The summed E-state index contributed by atoms with van der Waals surface area (Å²) in [5.74, 6) is 0. The molecule has 0 aromatic heterocycles. The molecule has 0 unspecified atom stereocenters. The molecule has 112 valence electrons. The summed E-state index contributed by atoms with van der Waals surface area (Å²) in [4.78, 5) is 0. The minimum absolute atomic E-state index is 0.0646. The van der Waals surface area contributed by atoms with Crippen molar-refractivity contribution in [1.29, 1.82) is 0 Å². The molecule has 0 aliphatic rings. The van der Waals surface area contributed by atoms with Crippen LogP contribution in [0.15, 0.2) is 60.7 Å². The van der Waals surface area contributed by atoms with Crippen molar-refractivity contribution in [2.75, 3.05) is 0 Å². The molecular formula is C18H23IOSi. The number of benzene rings is 2. The first-order valence-corrected chi connectivity index (χ1v) is 10.5. The molecule has 0 aliphatic carbocycles. The topological polar surface area (TPSA) is 9.23 Å². The molecule has 0 aliphatic heterocycles. The lowest BCUT2D eigenvalue weighted by Crippen LogP contribution is -2.67. The van der Waals surface area contributed by atoms with E-state index >= 15 is 0 Å². The summed E-state index contributed by atoms with van der Waals surface area (Å²) in [5, 5.41) is 2.74. The summed E-state index contributed by atoms with van der Waals surface area (Å²) in [6.07, 6.45) is 0. The molecule has 2 rings (SSSR count). The molecule has 2 aromatic carbocycles. The molecule has 2 aromatic rings. The average molecular weight is 410 g/mol. The van der Waals surface area contributed by atoms with E-state index in [0.717, 1.165) is 0 Å². The van der Waals surface area contributed by atoms with Crippen LogP contribution in [-0.4, -0.2) is 12.4 Å². The Bertz CT molecular complexity index is 521. The Hall–Kier alpha value is -0.653. The molecule has 21 heavy (non-hydrogen) atoms. The Labute approximate surface area is 143 Å². The quantitative estimate of drug-likeness (QED) is 0.414. The first-order chi connectivity index (χ1) is 9.88. The van der Waals surface area contributed by atoms with E-state index in [1.807, 2.05) is 0 Å². The number of hydrogen-bond donors (Lipinski definition) is 0. The van der Waals surface area contributed by atoms with E-state index in [0.29, 0.717) is 0 Å². The van der Waals surface area contributed by atoms with Gasteiger partial charge in [0.1, 0.15) is 0 Å². The second-order valence-electron chi connectivity index (χ2n) is 6.32. The fourth-order valence-electron chi connectivity index (χ4n) is 2.93. The second-order valence-corrected chi connectivity index (χ2v) is 12.3. The van der Waals surface area contributed by atoms with Crippen LogP contribution in [0.25, 0.3) is 0 Å². The van der Waals surface area contributed by atoms with E-state index < -0.39 is 8.32 Å². The highest BCUT2D eigenvalue weighted by molar-refractivity contribution is 14.1. The normalized spacial score (nSPS) is 14.0. The highest BCUT2D eigenvalue weighted by Crippen LogP contribution is 2.37. The molecule has 0 saturated carbocycles. The van der Waals surface area contributed by atoms with E-state index in [2.05, 4.69) is 111 Å². The maximum Gasteiger partial charge on any atom is 0.262 e. The summed E-state index contributed by atoms with van der Waals surface area (Å²) < 4.78 is 6.87. The molecular weight excluding hydrogens is 387 g/mol. The molecule has 0 radical (unpaired) electrons. The van der Waals surface area contributed by atoms with Crippen LogP contribution in [0.3, 0.4) is 0 Å². The van der Waals surface area contributed by atoms with Gasteiger partial charge in [-0.25, -0.2) is 0 Å². The molecule has 0 N–H and O–H groups in total. The lowest BCUT2D eigenvalue weighted by atomic mass is 10.2. The molecule has 0 heterocycles. The molecule has 0 amide bonds. The third kappa shape index (κ3) is 3.41. The third-order valence-corrected chi connectivity index (χ3v) is 9.60. The molecule has 0 fully saturated rings.